The van der Waals surface area contributed by atoms with E-state index in [1.165, 1.54) is 109 Å². The lowest BCUT2D eigenvalue weighted by atomic mass is 10.0. The van der Waals surface area contributed by atoms with Gasteiger partial charge in [0.2, 0.25) is 0 Å². The first-order valence-corrected chi connectivity index (χ1v) is 24.8. The number of carbonyl (C=O) groups excluding carboxylic acids is 3. The molecule has 0 fully saturated rings. The van der Waals surface area contributed by atoms with E-state index >= 15 is 0 Å². The molecule has 0 aromatic rings. The topological polar surface area (TPSA) is 78.9 Å². The molecular weight excluding hydrogens is 733 g/mol. The molecule has 6 nitrogen and oxygen atoms in total. The first-order chi connectivity index (χ1) is 29.0. The Hall–Kier alpha value is -2.89. The van der Waals surface area contributed by atoms with Crippen molar-refractivity contribution in [3.63, 3.8) is 0 Å². The van der Waals surface area contributed by atoms with Gasteiger partial charge < -0.3 is 14.2 Å². The maximum absolute atomic E-state index is 12.7. The summed E-state index contributed by atoms with van der Waals surface area (Å²) >= 11 is 0. The molecule has 0 aromatic carbocycles. The molecule has 6 heteroatoms. The van der Waals surface area contributed by atoms with Crippen LogP contribution >= 0.6 is 0 Å². The summed E-state index contributed by atoms with van der Waals surface area (Å²) < 4.78 is 16.7. The maximum atomic E-state index is 12.7. The fourth-order valence-electron chi connectivity index (χ4n) is 6.81. The number of unbranched alkanes of at least 4 members (excludes halogenated alkanes) is 24. The molecule has 0 amide bonds. The Morgan fingerprint density at radius 1 is 0.373 bits per heavy atom. The summed E-state index contributed by atoms with van der Waals surface area (Å²) in [4.78, 5) is 37.8. The van der Waals surface area contributed by atoms with Crippen molar-refractivity contribution < 1.29 is 28.6 Å². The second-order valence-corrected chi connectivity index (χ2v) is 16.4. The quantitative estimate of drug-likeness (QED) is 0.0200. The van der Waals surface area contributed by atoms with Gasteiger partial charge in [-0.3, -0.25) is 14.4 Å². The Bertz CT molecular complexity index is 1090. The molecule has 0 aromatic heterocycles. The lowest BCUT2D eigenvalue weighted by Gasteiger charge is -2.18. The van der Waals surface area contributed by atoms with Gasteiger partial charge in [-0.15, -0.1) is 0 Å². The van der Waals surface area contributed by atoms with Crippen molar-refractivity contribution in [2.45, 2.75) is 245 Å². The monoisotopic (exact) mass is 825 g/mol. The third-order valence-electron chi connectivity index (χ3n) is 10.5. The number of ether oxygens (including phenoxy) is 3. The van der Waals surface area contributed by atoms with Gasteiger partial charge in [0, 0.05) is 19.3 Å². The third-order valence-corrected chi connectivity index (χ3v) is 10.5. The van der Waals surface area contributed by atoms with E-state index in [2.05, 4.69) is 81.5 Å². The van der Waals surface area contributed by atoms with Gasteiger partial charge in [0.15, 0.2) is 6.10 Å². The third kappa shape index (κ3) is 46.0. The van der Waals surface area contributed by atoms with Crippen LogP contribution in [0.3, 0.4) is 0 Å². The fourth-order valence-corrected chi connectivity index (χ4v) is 6.81. The van der Waals surface area contributed by atoms with E-state index in [1.807, 2.05) is 0 Å². The van der Waals surface area contributed by atoms with Crippen LogP contribution in [-0.4, -0.2) is 37.2 Å². The molecule has 0 spiro atoms. The molecule has 1 unspecified atom stereocenters. The zero-order chi connectivity index (χ0) is 43.0. The van der Waals surface area contributed by atoms with Crippen molar-refractivity contribution in [2.24, 2.45) is 0 Å². The Labute approximate surface area is 364 Å². The smallest absolute Gasteiger partial charge is 0.306 e. The number of rotatable bonds is 44. The van der Waals surface area contributed by atoms with Crippen molar-refractivity contribution >= 4 is 17.9 Å². The summed E-state index contributed by atoms with van der Waals surface area (Å²) in [7, 11) is 0. The fraction of sp³-hybridized carbons (Fsp3) is 0.755. The van der Waals surface area contributed by atoms with Gasteiger partial charge in [0.1, 0.15) is 13.2 Å². The second-order valence-electron chi connectivity index (χ2n) is 16.4. The lowest BCUT2D eigenvalue weighted by molar-refractivity contribution is -0.167. The Balaban J connectivity index is 4.40. The Kier molecular flexibility index (Phi) is 45.4. The van der Waals surface area contributed by atoms with E-state index in [9.17, 15) is 14.4 Å². The normalized spacial score (nSPS) is 12.5. The molecule has 0 bridgehead atoms. The summed E-state index contributed by atoms with van der Waals surface area (Å²) in [6, 6.07) is 0. The minimum atomic E-state index is -0.796. The molecule has 0 aliphatic carbocycles. The van der Waals surface area contributed by atoms with Crippen LogP contribution in [-0.2, 0) is 28.6 Å². The van der Waals surface area contributed by atoms with Crippen LogP contribution in [0, 0.1) is 0 Å². The first kappa shape index (κ1) is 56.1. The molecule has 0 heterocycles. The van der Waals surface area contributed by atoms with E-state index in [-0.39, 0.29) is 37.5 Å². The summed E-state index contributed by atoms with van der Waals surface area (Å²) in [5.41, 5.74) is 0. The lowest BCUT2D eigenvalue weighted by Crippen LogP contribution is -2.30. The summed E-state index contributed by atoms with van der Waals surface area (Å²) in [6.07, 6.45) is 57.9. The van der Waals surface area contributed by atoms with Gasteiger partial charge in [-0.25, -0.2) is 0 Å². The zero-order valence-corrected chi connectivity index (χ0v) is 38.8. The summed E-state index contributed by atoms with van der Waals surface area (Å²) in [5.74, 6) is -0.965. The average Bonchev–Trinajstić information content (AvgIpc) is 3.23. The Morgan fingerprint density at radius 3 is 1.19 bits per heavy atom. The molecular formula is C53H92O6. The molecule has 1 atom stereocenters. The van der Waals surface area contributed by atoms with Crippen molar-refractivity contribution in [3.05, 3.63) is 60.8 Å². The van der Waals surface area contributed by atoms with Crippen molar-refractivity contribution in [1.29, 1.82) is 0 Å². The molecule has 0 N–H and O–H groups in total. The Morgan fingerprint density at radius 2 is 0.729 bits per heavy atom. The van der Waals surface area contributed by atoms with Gasteiger partial charge in [-0.1, -0.05) is 210 Å². The van der Waals surface area contributed by atoms with Crippen molar-refractivity contribution in [2.75, 3.05) is 13.2 Å². The van der Waals surface area contributed by atoms with E-state index in [4.69, 9.17) is 14.2 Å². The van der Waals surface area contributed by atoms with Gasteiger partial charge >= 0.3 is 17.9 Å². The van der Waals surface area contributed by atoms with E-state index < -0.39 is 6.10 Å². The van der Waals surface area contributed by atoms with Crippen LogP contribution in [0.2, 0.25) is 0 Å². The number of esters is 3. The van der Waals surface area contributed by atoms with Crippen LogP contribution in [0.1, 0.15) is 239 Å². The molecule has 0 saturated carbocycles. The predicted molar refractivity (Wildman–Crippen MR) is 251 cm³/mol. The SMILES string of the molecule is CC/C=C\C/C=C\C/C=C\CCCC(=O)OCC(COC(=O)CCCCCCC/C=C\C=C/CCCCCCCCC)OC(=O)CCCCCCCCCCCCCC. The largest absolute Gasteiger partial charge is 0.462 e. The van der Waals surface area contributed by atoms with E-state index in [1.54, 1.807) is 0 Å². The maximum Gasteiger partial charge on any atom is 0.306 e. The molecule has 0 aliphatic rings. The highest BCUT2D eigenvalue weighted by molar-refractivity contribution is 5.71. The zero-order valence-electron chi connectivity index (χ0n) is 38.8. The summed E-state index contributed by atoms with van der Waals surface area (Å²) in [6.45, 7) is 6.45. The molecule has 0 rings (SSSR count). The number of hydrogen-bond donors (Lipinski definition) is 0. The predicted octanol–water partition coefficient (Wildman–Crippen LogP) is 16.1. The molecule has 0 aliphatic heterocycles. The van der Waals surface area contributed by atoms with E-state index in [0.717, 1.165) is 83.5 Å². The van der Waals surface area contributed by atoms with Gasteiger partial charge in [-0.2, -0.15) is 0 Å². The van der Waals surface area contributed by atoms with Crippen LogP contribution < -0.4 is 0 Å². The first-order valence-electron chi connectivity index (χ1n) is 24.8. The van der Waals surface area contributed by atoms with Crippen LogP contribution in [0.5, 0.6) is 0 Å². The molecule has 59 heavy (non-hydrogen) atoms. The summed E-state index contributed by atoms with van der Waals surface area (Å²) in [5, 5.41) is 0. The molecule has 340 valence electrons. The highest BCUT2D eigenvalue weighted by Gasteiger charge is 2.19. The van der Waals surface area contributed by atoms with Crippen molar-refractivity contribution in [3.8, 4) is 0 Å². The molecule has 0 saturated heterocycles. The number of carbonyl (C=O) groups is 3. The highest BCUT2D eigenvalue weighted by atomic mass is 16.6. The van der Waals surface area contributed by atoms with Crippen LogP contribution in [0.15, 0.2) is 60.8 Å². The van der Waals surface area contributed by atoms with Gasteiger partial charge in [0.05, 0.1) is 0 Å². The van der Waals surface area contributed by atoms with Gasteiger partial charge in [0.25, 0.3) is 0 Å². The number of hydrogen-bond acceptors (Lipinski definition) is 6. The highest BCUT2D eigenvalue weighted by Crippen LogP contribution is 2.14. The van der Waals surface area contributed by atoms with Gasteiger partial charge in [-0.05, 0) is 70.6 Å². The minimum absolute atomic E-state index is 0.0966. The molecule has 0 radical (unpaired) electrons. The minimum Gasteiger partial charge on any atom is -0.462 e. The van der Waals surface area contributed by atoms with Crippen LogP contribution in [0.4, 0.5) is 0 Å². The van der Waals surface area contributed by atoms with Crippen molar-refractivity contribution in [1.82, 2.24) is 0 Å². The number of allylic oxidation sites excluding steroid dienone is 10. The second kappa shape index (κ2) is 47.8. The standard InChI is InChI=1S/C53H92O6/c1-4-7-10-13-16-19-22-24-25-26-27-28-29-32-34-37-40-43-46-52(55)58-49-50(48-57-51(54)45-42-39-36-33-30-21-18-15-12-9-6-3)59-53(56)47-44-41-38-35-31-23-20-17-14-11-8-5-2/h9,12,18,21,25-28,33,36,50H,4-8,10-11,13-17,19-20,22-24,29-32,34-35,37-49H2,1-3H3/b12-9-,21-18-,26-25-,28-27-,36-33-. The van der Waals surface area contributed by atoms with Crippen LogP contribution in [0.25, 0.3) is 0 Å². The average molecular weight is 825 g/mol. The van der Waals surface area contributed by atoms with E-state index in [0.29, 0.717) is 19.3 Å².